The third kappa shape index (κ3) is 20.8. The van der Waals surface area contributed by atoms with E-state index in [1.165, 1.54) is 0 Å². The van der Waals surface area contributed by atoms with Gasteiger partial charge >= 0.3 is 23.5 Å². The quantitative estimate of drug-likeness (QED) is 0.0268. The van der Waals surface area contributed by atoms with Gasteiger partial charge in [0.05, 0.1) is 72.7 Å². The summed E-state index contributed by atoms with van der Waals surface area (Å²) in [6.45, 7) is -1.96. The largest absolute Gasteiger partial charge is 0.475 e. The molecule has 0 saturated heterocycles. The Bertz CT molecular complexity index is 3470. The highest BCUT2D eigenvalue weighted by Gasteiger charge is 2.59. The van der Waals surface area contributed by atoms with Crippen molar-refractivity contribution in [1.29, 1.82) is 0 Å². The molecular weight excluding hydrogens is 1200 g/mol. The Morgan fingerprint density at radius 1 is 0.200 bits per heavy atom. The van der Waals surface area contributed by atoms with Crippen LogP contribution in [0.5, 0.6) is 0 Å². The van der Waals surface area contributed by atoms with Crippen LogP contribution >= 0.6 is 23.5 Å². The molecule has 1 fully saturated rings. The lowest BCUT2D eigenvalue weighted by Crippen LogP contribution is -2.67. The van der Waals surface area contributed by atoms with Gasteiger partial charge in [-0.2, -0.15) is 0 Å². The number of hydrogen-bond acceptors (Lipinski definition) is 16. The maximum absolute atomic E-state index is 16.1. The van der Waals surface area contributed by atoms with Crippen molar-refractivity contribution in [3.8, 4) is 0 Å². The number of phosphoric acid groups is 3. The van der Waals surface area contributed by atoms with Gasteiger partial charge in [-0.15, -0.1) is 0 Å². The number of rotatable bonds is 36. The Labute approximate surface area is 526 Å². The molecule has 0 heterocycles. The Kier molecular flexibility index (Phi) is 25.4. The Hall–Kier alpha value is -6.85. The van der Waals surface area contributed by atoms with Crippen LogP contribution in [0, 0.1) is 0 Å². The molecule has 0 aliphatic heterocycles. The summed E-state index contributed by atoms with van der Waals surface area (Å²) in [5, 5.41) is 0. The summed E-state index contributed by atoms with van der Waals surface area (Å²) in [6.07, 6.45) is -8.70. The molecule has 6 atom stereocenters. The predicted molar refractivity (Wildman–Crippen MR) is 341 cm³/mol. The molecule has 0 radical (unpaired) electrons. The second kappa shape index (κ2) is 34.5. The Morgan fingerprint density at radius 2 is 0.389 bits per heavy atom. The number of benzene rings is 9. The Morgan fingerprint density at radius 3 is 0.633 bits per heavy atom. The Balaban J connectivity index is 1.10. The first-order valence-electron chi connectivity index (χ1n) is 29.7. The molecule has 9 aromatic carbocycles. The molecular formula is C71H73O16P3. The van der Waals surface area contributed by atoms with Crippen molar-refractivity contribution in [1.82, 2.24) is 0 Å². The zero-order valence-corrected chi connectivity index (χ0v) is 52.3. The van der Waals surface area contributed by atoms with Crippen LogP contribution in [0.1, 0.15) is 50.1 Å². The highest BCUT2D eigenvalue weighted by atomic mass is 31.2. The van der Waals surface area contributed by atoms with Gasteiger partial charge in [-0.25, -0.2) is 13.7 Å². The van der Waals surface area contributed by atoms with Crippen molar-refractivity contribution < 1.29 is 73.4 Å². The van der Waals surface area contributed by atoms with Crippen molar-refractivity contribution in [3.05, 3.63) is 323 Å². The fraction of sp³-hybridized carbons (Fsp3) is 0.239. The van der Waals surface area contributed by atoms with E-state index in [2.05, 4.69) is 0 Å². The van der Waals surface area contributed by atoms with Crippen LogP contribution in [0.15, 0.2) is 273 Å². The van der Waals surface area contributed by atoms with Crippen molar-refractivity contribution in [3.63, 3.8) is 0 Å². The number of ether oxygens (including phenoxy) is 4. The van der Waals surface area contributed by atoms with Crippen LogP contribution in [-0.2, 0) is 133 Å². The summed E-state index contributed by atoms with van der Waals surface area (Å²) in [6, 6.07) is 83.4. The number of hydrogen-bond donors (Lipinski definition) is 0. The molecule has 0 spiro atoms. The third-order valence-corrected chi connectivity index (χ3v) is 18.5. The molecule has 0 N–H and O–H groups in total. The lowest BCUT2D eigenvalue weighted by Gasteiger charge is -2.50. The highest BCUT2D eigenvalue weighted by Crippen LogP contribution is 2.58. The monoisotopic (exact) mass is 1270 g/mol. The standard InChI is InChI=1S/C71H73O16P3/c72-88(80-51-60-34-16-4-17-35-60,81-52-61-36-18-5-19-37-61)79-47-46-75-67-66(76-48-57-28-10-1-11-29-57)68(77-49-58-30-12-2-13-31-58)71(87-90(74,84-55-64-42-24-8-25-43-64)85-56-65-44-26-9-27-45-65)69(78-50-59-32-14-3-15-33-59)70(67)86-89(73,82-53-62-38-20-6-21-39-62)83-54-63-40-22-7-23-41-63/h1-45,66-71H,46-56H2/t66-,67-,68-,69-,70+,71-/m1/s1. The highest BCUT2D eigenvalue weighted by molar-refractivity contribution is 7.49. The molecule has 0 bridgehead atoms. The first-order chi connectivity index (χ1) is 44.2. The fourth-order valence-electron chi connectivity index (χ4n) is 9.73. The minimum atomic E-state index is -4.86. The van der Waals surface area contributed by atoms with Crippen LogP contribution in [-0.4, -0.2) is 49.8 Å². The molecule has 90 heavy (non-hydrogen) atoms. The van der Waals surface area contributed by atoms with Gasteiger partial charge in [0.25, 0.3) is 0 Å². The van der Waals surface area contributed by atoms with E-state index in [9.17, 15) is 4.57 Å². The number of phosphoric ester groups is 3. The molecule has 468 valence electrons. The van der Waals surface area contributed by atoms with Crippen molar-refractivity contribution in [2.24, 2.45) is 0 Å². The first kappa shape index (κ1) is 66.1. The zero-order chi connectivity index (χ0) is 62.0. The van der Waals surface area contributed by atoms with Gasteiger partial charge in [-0.05, 0) is 50.1 Å². The van der Waals surface area contributed by atoms with Gasteiger partial charge in [0, 0.05) is 0 Å². The van der Waals surface area contributed by atoms with Gasteiger partial charge in [-0.1, -0.05) is 273 Å². The molecule has 16 nitrogen and oxygen atoms in total. The van der Waals surface area contributed by atoms with E-state index in [4.69, 9.17) is 59.7 Å². The van der Waals surface area contributed by atoms with Crippen LogP contribution in [0.4, 0.5) is 0 Å². The van der Waals surface area contributed by atoms with Crippen molar-refractivity contribution >= 4 is 23.5 Å². The van der Waals surface area contributed by atoms with Crippen LogP contribution in [0.2, 0.25) is 0 Å². The van der Waals surface area contributed by atoms with E-state index in [1.807, 2.05) is 273 Å². The van der Waals surface area contributed by atoms with E-state index in [0.29, 0.717) is 22.3 Å². The van der Waals surface area contributed by atoms with Crippen LogP contribution < -0.4 is 0 Å². The second-order valence-corrected chi connectivity index (χ2v) is 25.9. The average Bonchev–Trinajstić information content (AvgIpc) is 0.874. The molecule has 1 aliphatic carbocycles. The lowest BCUT2D eigenvalue weighted by atomic mass is 9.84. The van der Waals surface area contributed by atoms with E-state index in [-0.39, 0.29) is 72.7 Å². The van der Waals surface area contributed by atoms with E-state index in [1.54, 1.807) is 0 Å². The van der Waals surface area contributed by atoms with E-state index < -0.39 is 60.1 Å². The maximum atomic E-state index is 16.1. The average molecular weight is 1280 g/mol. The van der Waals surface area contributed by atoms with Gasteiger partial charge in [0.15, 0.2) is 0 Å². The molecule has 10 rings (SSSR count). The van der Waals surface area contributed by atoms with Gasteiger partial charge in [0.2, 0.25) is 0 Å². The maximum Gasteiger partial charge on any atom is 0.475 e. The molecule has 1 aliphatic rings. The summed E-state index contributed by atoms with van der Waals surface area (Å²) >= 11 is 0. The van der Waals surface area contributed by atoms with Crippen LogP contribution in [0.25, 0.3) is 0 Å². The minimum Gasteiger partial charge on any atom is -0.370 e. The van der Waals surface area contributed by atoms with Crippen molar-refractivity contribution in [2.75, 3.05) is 13.2 Å². The van der Waals surface area contributed by atoms with E-state index in [0.717, 1.165) is 27.8 Å². The molecule has 0 aromatic heterocycles. The summed E-state index contributed by atoms with van der Waals surface area (Å²) in [7, 11) is -14.1. The SMILES string of the molecule is O=P(OCCO[C@@H]1[C@@H](OCc2ccccc2)[C@@H](OCc2ccccc2)[C@@H](OP(=O)(OCc2ccccc2)OCc2ccccc2)[C@H](OCc2ccccc2)[C@H]1OP(=O)(OCc1ccccc1)OCc1ccccc1)(OCc1ccccc1)OCc1ccccc1. The molecule has 19 heteroatoms. The summed E-state index contributed by atoms with van der Waals surface area (Å²) in [4.78, 5) is 0. The topological polar surface area (TPSA) is 171 Å². The van der Waals surface area contributed by atoms with Gasteiger partial charge in [0.1, 0.15) is 36.6 Å². The molecule has 9 aromatic rings. The smallest absolute Gasteiger partial charge is 0.370 e. The van der Waals surface area contributed by atoms with Gasteiger partial charge in [-0.3, -0.25) is 40.7 Å². The lowest BCUT2D eigenvalue weighted by molar-refractivity contribution is -0.267. The predicted octanol–water partition coefficient (Wildman–Crippen LogP) is 16.6. The first-order valence-corrected chi connectivity index (χ1v) is 34.0. The normalized spacial score (nSPS) is 17.9. The summed E-state index contributed by atoms with van der Waals surface area (Å²) < 4.78 is 133. The summed E-state index contributed by atoms with van der Waals surface area (Å²) in [5.74, 6) is 0. The fourth-order valence-corrected chi connectivity index (χ4v) is 13.6. The third-order valence-electron chi connectivity index (χ3n) is 14.3. The molecule has 1 saturated carbocycles. The molecule has 0 amide bonds. The van der Waals surface area contributed by atoms with Gasteiger partial charge < -0.3 is 18.9 Å². The summed E-state index contributed by atoms with van der Waals surface area (Å²) in [5.41, 5.74) is 6.39. The minimum absolute atomic E-state index is 0.0388. The second-order valence-electron chi connectivity index (χ2n) is 21.0. The van der Waals surface area contributed by atoms with Crippen molar-refractivity contribution in [2.45, 2.75) is 96.1 Å². The molecule has 0 unspecified atom stereocenters. The zero-order valence-electron chi connectivity index (χ0n) is 49.6. The van der Waals surface area contributed by atoms with Crippen LogP contribution in [0.3, 0.4) is 0 Å². The van der Waals surface area contributed by atoms with E-state index >= 15 is 9.13 Å².